The molecule has 3 aromatic rings. The van der Waals surface area contributed by atoms with Gasteiger partial charge in [-0.2, -0.15) is 0 Å². The van der Waals surface area contributed by atoms with Gasteiger partial charge in [-0.05, 0) is 47.7 Å². The number of ether oxygens (including phenoxy) is 2. The van der Waals surface area contributed by atoms with Crippen molar-refractivity contribution < 1.29 is 23.8 Å². The van der Waals surface area contributed by atoms with Gasteiger partial charge in [-0.25, -0.2) is 4.39 Å². The van der Waals surface area contributed by atoms with Crippen molar-refractivity contribution in [3.05, 3.63) is 83.7 Å². The Morgan fingerprint density at radius 1 is 1.00 bits per heavy atom. The van der Waals surface area contributed by atoms with Gasteiger partial charge < -0.3 is 14.6 Å². The summed E-state index contributed by atoms with van der Waals surface area (Å²) in [5, 5.41) is 9.03. The normalized spacial score (nSPS) is 11.7. The van der Waals surface area contributed by atoms with Gasteiger partial charge in [-0.15, -0.1) is 0 Å². The van der Waals surface area contributed by atoms with Crippen LogP contribution in [0.2, 0.25) is 0 Å². The number of carbonyl (C=O) groups is 1. The second kappa shape index (κ2) is 11.3. The van der Waals surface area contributed by atoms with E-state index in [4.69, 9.17) is 14.6 Å². The maximum atomic E-state index is 14.4. The summed E-state index contributed by atoms with van der Waals surface area (Å²) >= 11 is 0. The number of hydrogen-bond acceptors (Lipinski definition) is 3. The Bertz CT molecular complexity index is 1050. The van der Waals surface area contributed by atoms with Crippen LogP contribution >= 0.6 is 0 Å². The highest BCUT2D eigenvalue weighted by atomic mass is 19.1. The highest BCUT2D eigenvalue weighted by molar-refractivity contribution is 5.71. The lowest BCUT2D eigenvalue weighted by atomic mass is 9.98. The standard InChI is InChI=1S/C27H29FO4/c1-3-4-14-31-26-16-20(12-13-24(26)23-10-5-6-11-25(23)28)18-32-22-9-7-8-21(17-22)19(2)15-27(29)30/h5-13,16-17,19H,3-4,14-15,18H2,1-2H3,(H,29,30). The Kier molecular flexibility index (Phi) is 8.26. The molecule has 0 aliphatic carbocycles. The van der Waals surface area contributed by atoms with Crippen LogP contribution in [0.5, 0.6) is 11.5 Å². The molecule has 0 saturated carbocycles. The van der Waals surface area contributed by atoms with Gasteiger partial charge in [0.15, 0.2) is 0 Å². The highest BCUT2D eigenvalue weighted by Gasteiger charge is 2.13. The third-order valence-corrected chi connectivity index (χ3v) is 5.28. The number of carboxylic acids is 1. The molecule has 0 aliphatic heterocycles. The number of aliphatic carboxylic acids is 1. The first kappa shape index (κ1) is 23.3. The quantitative estimate of drug-likeness (QED) is 0.335. The number of rotatable bonds is 11. The van der Waals surface area contributed by atoms with E-state index in [-0.39, 0.29) is 18.2 Å². The molecule has 0 saturated heterocycles. The topological polar surface area (TPSA) is 55.8 Å². The number of unbranched alkanes of at least 4 members (excludes halogenated alkanes) is 1. The van der Waals surface area contributed by atoms with Crippen molar-refractivity contribution in [2.75, 3.05) is 6.61 Å². The van der Waals surface area contributed by atoms with Crippen molar-refractivity contribution in [3.8, 4) is 22.6 Å². The first-order valence-electron chi connectivity index (χ1n) is 10.9. The van der Waals surface area contributed by atoms with Crippen LogP contribution in [-0.4, -0.2) is 17.7 Å². The van der Waals surface area contributed by atoms with Gasteiger partial charge in [-0.3, -0.25) is 4.79 Å². The second-order valence-corrected chi connectivity index (χ2v) is 7.87. The van der Waals surface area contributed by atoms with Crippen molar-refractivity contribution in [2.24, 2.45) is 0 Å². The highest BCUT2D eigenvalue weighted by Crippen LogP contribution is 2.33. The Balaban J connectivity index is 1.78. The van der Waals surface area contributed by atoms with Crippen LogP contribution in [0, 0.1) is 5.82 Å². The largest absolute Gasteiger partial charge is 0.493 e. The van der Waals surface area contributed by atoms with E-state index in [0.29, 0.717) is 35.8 Å². The van der Waals surface area contributed by atoms with Crippen LogP contribution in [0.25, 0.3) is 11.1 Å². The lowest BCUT2D eigenvalue weighted by Crippen LogP contribution is -2.04. The van der Waals surface area contributed by atoms with Gasteiger partial charge in [0.1, 0.15) is 23.9 Å². The molecular weight excluding hydrogens is 407 g/mol. The van der Waals surface area contributed by atoms with E-state index >= 15 is 0 Å². The molecule has 0 spiro atoms. The predicted octanol–water partition coefficient (Wildman–Crippen LogP) is 6.83. The molecule has 1 atom stereocenters. The smallest absolute Gasteiger partial charge is 0.303 e. The summed E-state index contributed by atoms with van der Waals surface area (Å²) in [5.74, 6) is 0.0908. The van der Waals surface area contributed by atoms with E-state index in [0.717, 1.165) is 24.0 Å². The minimum atomic E-state index is -0.825. The molecule has 0 amide bonds. The van der Waals surface area contributed by atoms with Crippen LogP contribution in [0.3, 0.4) is 0 Å². The Hall–Kier alpha value is -3.34. The zero-order valence-electron chi connectivity index (χ0n) is 18.5. The lowest BCUT2D eigenvalue weighted by molar-refractivity contribution is -0.137. The molecule has 0 bridgehead atoms. The molecule has 32 heavy (non-hydrogen) atoms. The fourth-order valence-corrected chi connectivity index (χ4v) is 3.46. The number of hydrogen-bond donors (Lipinski definition) is 1. The Morgan fingerprint density at radius 2 is 1.81 bits per heavy atom. The second-order valence-electron chi connectivity index (χ2n) is 7.87. The van der Waals surface area contributed by atoms with Crippen molar-refractivity contribution in [1.82, 2.24) is 0 Å². The first-order chi connectivity index (χ1) is 15.5. The molecule has 0 radical (unpaired) electrons. The van der Waals surface area contributed by atoms with Gasteiger partial charge in [0.05, 0.1) is 13.0 Å². The van der Waals surface area contributed by atoms with Crippen molar-refractivity contribution in [1.29, 1.82) is 0 Å². The molecule has 3 rings (SSSR count). The molecule has 3 aromatic carbocycles. The molecule has 0 aromatic heterocycles. The number of halogens is 1. The van der Waals surface area contributed by atoms with Gasteiger partial charge in [-0.1, -0.05) is 62.7 Å². The lowest BCUT2D eigenvalue weighted by Gasteiger charge is -2.15. The van der Waals surface area contributed by atoms with E-state index in [1.165, 1.54) is 6.07 Å². The maximum Gasteiger partial charge on any atom is 0.303 e. The van der Waals surface area contributed by atoms with Crippen LogP contribution < -0.4 is 9.47 Å². The van der Waals surface area contributed by atoms with Gasteiger partial charge >= 0.3 is 5.97 Å². The minimum absolute atomic E-state index is 0.0689. The van der Waals surface area contributed by atoms with Crippen LogP contribution in [0.1, 0.15) is 50.2 Å². The molecule has 0 aliphatic rings. The molecule has 0 heterocycles. The monoisotopic (exact) mass is 436 g/mol. The summed E-state index contributed by atoms with van der Waals surface area (Å²) in [5.41, 5.74) is 3.04. The van der Waals surface area contributed by atoms with Crippen LogP contribution in [-0.2, 0) is 11.4 Å². The van der Waals surface area contributed by atoms with Crippen molar-refractivity contribution in [3.63, 3.8) is 0 Å². The van der Waals surface area contributed by atoms with Gasteiger partial charge in [0, 0.05) is 11.1 Å². The zero-order valence-corrected chi connectivity index (χ0v) is 18.5. The molecule has 5 heteroatoms. The summed E-state index contributed by atoms with van der Waals surface area (Å²) in [6.07, 6.45) is 1.99. The molecule has 0 fully saturated rings. The molecule has 1 unspecified atom stereocenters. The van der Waals surface area contributed by atoms with Crippen molar-refractivity contribution >= 4 is 5.97 Å². The fourth-order valence-electron chi connectivity index (χ4n) is 3.46. The molecular formula is C27H29FO4. The zero-order chi connectivity index (χ0) is 22.9. The van der Waals surface area contributed by atoms with E-state index in [1.807, 2.05) is 55.5 Å². The summed E-state index contributed by atoms with van der Waals surface area (Å²) in [6.45, 7) is 4.86. The average Bonchev–Trinajstić information content (AvgIpc) is 2.78. The third-order valence-electron chi connectivity index (χ3n) is 5.28. The van der Waals surface area contributed by atoms with E-state index < -0.39 is 5.97 Å². The van der Waals surface area contributed by atoms with Crippen LogP contribution in [0.15, 0.2) is 66.7 Å². The van der Waals surface area contributed by atoms with Crippen LogP contribution in [0.4, 0.5) is 4.39 Å². The maximum absolute atomic E-state index is 14.4. The summed E-state index contributed by atoms with van der Waals surface area (Å²) in [7, 11) is 0. The predicted molar refractivity (Wildman–Crippen MR) is 124 cm³/mol. The minimum Gasteiger partial charge on any atom is -0.493 e. The number of carboxylic acid groups (broad SMARTS) is 1. The Labute approximate surface area is 188 Å². The number of benzene rings is 3. The summed E-state index contributed by atoms with van der Waals surface area (Å²) < 4.78 is 26.3. The van der Waals surface area contributed by atoms with Crippen molar-refractivity contribution in [2.45, 2.75) is 45.6 Å². The van der Waals surface area contributed by atoms with E-state index in [9.17, 15) is 9.18 Å². The van der Waals surface area contributed by atoms with E-state index in [1.54, 1.807) is 12.1 Å². The average molecular weight is 437 g/mol. The first-order valence-corrected chi connectivity index (χ1v) is 10.9. The van der Waals surface area contributed by atoms with E-state index in [2.05, 4.69) is 6.92 Å². The fraction of sp³-hybridized carbons (Fsp3) is 0.296. The van der Waals surface area contributed by atoms with Gasteiger partial charge in [0.25, 0.3) is 0 Å². The summed E-state index contributed by atoms with van der Waals surface area (Å²) in [4.78, 5) is 11.0. The van der Waals surface area contributed by atoms with Gasteiger partial charge in [0.2, 0.25) is 0 Å². The summed E-state index contributed by atoms with van der Waals surface area (Å²) in [6, 6.07) is 19.8. The Morgan fingerprint density at radius 3 is 2.56 bits per heavy atom. The third kappa shape index (κ3) is 6.33. The molecule has 4 nitrogen and oxygen atoms in total. The molecule has 168 valence electrons. The molecule has 1 N–H and O–H groups in total. The SMILES string of the molecule is CCCCOc1cc(COc2cccc(C(C)CC(=O)O)c2)ccc1-c1ccccc1F.